The van der Waals surface area contributed by atoms with Gasteiger partial charge in [0.15, 0.2) is 0 Å². The number of carbonyl (C=O) groups excluding carboxylic acids is 4. The van der Waals surface area contributed by atoms with Crippen molar-refractivity contribution in [2.24, 2.45) is 11.7 Å². The Hall–Kier alpha value is -3.40. The first-order chi connectivity index (χ1) is 16.3. The van der Waals surface area contributed by atoms with E-state index in [1.165, 1.54) is 11.8 Å². The number of para-hydroxylation sites is 1. The number of aromatic nitrogens is 1. The molecule has 34 heavy (non-hydrogen) atoms. The van der Waals surface area contributed by atoms with Gasteiger partial charge in [0.2, 0.25) is 23.6 Å². The summed E-state index contributed by atoms with van der Waals surface area (Å²) in [6, 6.07) is 5.85. The van der Waals surface area contributed by atoms with Gasteiger partial charge in [-0.3, -0.25) is 19.2 Å². The summed E-state index contributed by atoms with van der Waals surface area (Å²) in [6.07, 6.45) is 3.54. The van der Waals surface area contributed by atoms with Crippen molar-refractivity contribution in [3.63, 3.8) is 0 Å². The predicted molar refractivity (Wildman–Crippen MR) is 126 cm³/mol. The lowest BCUT2D eigenvalue weighted by Crippen LogP contribution is -2.63. The van der Waals surface area contributed by atoms with Gasteiger partial charge in [0, 0.05) is 49.5 Å². The van der Waals surface area contributed by atoms with Crippen LogP contribution in [0.5, 0.6) is 0 Å². The second-order valence-corrected chi connectivity index (χ2v) is 9.06. The number of carbonyl (C=O) groups is 4. The van der Waals surface area contributed by atoms with Gasteiger partial charge in [0.25, 0.3) is 0 Å². The Balaban J connectivity index is 1.48. The van der Waals surface area contributed by atoms with Gasteiger partial charge >= 0.3 is 0 Å². The largest absolute Gasteiger partial charge is 0.368 e. The van der Waals surface area contributed by atoms with Crippen LogP contribution < -0.4 is 16.4 Å². The monoisotopic (exact) mass is 468 g/mol. The molecule has 1 aromatic carbocycles. The van der Waals surface area contributed by atoms with Crippen LogP contribution >= 0.6 is 0 Å². The van der Waals surface area contributed by atoms with Gasteiger partial charge < -0.3 is 31.2 Å². The number of nitrogens with two attached hydrogens (primary N) is 1. The average Bonchev–Trinajstić information content (AvgIpc) is 3.26. The van der Waals surface area contributed by atoms with E-state index in [0.717, 1.165) is 42.4 Å². The molecular formula is C24H32N6O4. The van der Waals surface area contributed by atoms with E-state index >= 15 is 0 Å². The molecule has 0 aliphatic carbocycles. The minimum Gasteiger partial charge on any atom is -0.368 e. The number of piperidine rings is 1. The van der Waals surface area contributed by atoms with Gasteiger partial charge in [-0.05, 0) is 37.6 Å². The molecule has 4 amide bonds. The number of primary amides is 1. The summed E-state index contributed by atoms with van der Waals surface area (Å²) >= 11 is 0. The molecule has 5 N–H and O–H groups in total. The van der Waals surface area contributed by atoms with Crippen molar-refractivity contribution >= 4 is 34.5 Å². The zero-order chi connectivity index (χ0) is 24.2. The zero-order valence-corrected chi connectivity index (χ0v) is 19.4. The number of nitrogens with zero attached hydrogens (tertiary/aromatic N) is 2. The summed E-state index contributed by atoms with van der Waals surface area (Å²) in [5.41, 5.74) is 7.41. The first-order valence-electron chi connectivity index (χ1n) is 11.8. The molecule has 4 rings (SSSR count). The molecule has 10 nitrogen and oxygen atoms in total. The van der Waals surface area contributed by atoms with Gasteiger partial charge in [-0.25, -0.2) is 0 Å². The van der Waals surface area contributed by atoms with Crippen molar-refractivity contribution in [3.05, 3.63) is 36.0 Å². The Bertz CT molecular complexity index is 1080. The zero-order valence-electron chi connectivity index (χ0n) is 19.4. The van der Waals surface area contributed by atoms with Crippen LogP contribution in [0.4, 0.5) is 0 Å². The quantitative estimate of drug-likeness (QED) is 0.462. The van der Waals surface area contributed by atoms with Crippen LogP contribution in [-0.2, 0) is 25.6 Å². The molecule has 182 valence electrons. The van der Waals surface area contributed by atoms with E-state index in [-0.39, 0.29) is 37.2 Å². The number of benzene rings is 1. The molecule has 0 radical (unpaired) electrons. The van der Waals surface area contributed by atoms with Crippen molar-refractivity contribution in [2.75, 3.05) is 32.7 Å². The molecule has 2 atom stereocenters. The van der Waals surface area contributed by atoms with E-state index in [1.807, 2.05) is 24.3 Å². The van der Waals surface area contributed by atoms with Crippen molar-refractivity contribution in [2.45, 2.75) is 38.3 Å². The molecule has 2 unspecified atom stereocenters. The molecular weight excluding hydrogens is 436 g/mol. The number of rotatable bonds is 6. The van der Waals surface area contributed by atoms with Crippen LogP contribution in [0.15, 0.2) is 30.5 Å². The predicted octanol–water partition coefficient (Wildman–Crippen LogP) is -0.261. The lowest BCUT2D eigenvalue weighted by atomic mass is 9.95. The summed E-state index contributed by atoms with van der Waals surface area (Å²) < 4.78 is 0. The van der Waals surface area contributed by atoms with Gasteiger partial charge in [-0.15, -0.1) is 0 Å². The third-order valence-electron chi connectivity index (χ3n) is 6.85. The van der Waals surface area contributed by atoms with E-state index < -0.39 is 23.9 Å². The standard InChI is InChI=1S/C24H32N6O4/c1-15(31)30-11-10-29(24(34)16-6-8-26-9-7-16)14-21(30)23(33)28-20(22(25)32)12-17-13-27-19-5-3-2-4-18(17)19/h2-5,13,16,20-21,26-27H,6-12,14H2,1H3,(H2,25,32)(H,28,33). The maximum atomic E-state index is 13.3. The fourth-order valence-corrected chi connectivity index (χ4v) is 4.92. The van der Waals surface area contributed by atoms with E-state index in [2.05, 4.69) is 15.6 Å². The normalized spacial score (nSPS) is 20.2. The van der Waals surface area contributed by atoms with Crippen LogP contribution in [-0.4, -0.2) is 83.2 Å². The Morgan fingerprint density at radius 1 is 1.15 bits per heavy atom. The first kappa shape index (κ1) is 23.7. The molecule has 0 spiro atoms. The number of nitrogens with one attached hydrogen (secondary N) is 3. The average molecular weight is 469 g/mol. The SMILES string of the molecule is CC(=O)N1CCN(C(=O)C2CCNCC2)CC1C(=O)NC(Cc1c[nH]c2ccccc12)C(N)=O. The van der Waals surface area contributed by atoms with Crippen molar-refractivity contribution in [1.82, 2.24) is 25.4 Å². The van der Waals surface area contributed by atoms with Crippen LogP contribution in [0.3, 0.4) is 0 Å². The van der Waals surface area contributed by atoms with Gasteiger partial charge in [-0.2, -0.15) is 0 Å². The Labute approximate surface area is 198 Å². The van der Waals surface area contributed by atoms with Crippen LogP contribution in [0.1, 0.15) is 25.3 Å². The number of amides is 4. The summed E-state index contributed by atoms with van der Waals surface area (Å²) in [4.78, 5) is 57.1. The van der Waals surface area contributed by atoms with Gasteiger partial charge in [0.1, 0.15) is 12.1 Å². The van der Waals surface area contributed by atoms with Crippen molar-refractivity contribution in [1.29, 1.82) is 0 Å². The molecule has 3 heterocycles. The molecule has 2 aromatic rings. The highest BCUT2D eigenvalue weighted by Crippen LogP contribution is 2.21. The molecule has 2 aliphatic heterocycles. The van der Waals surface area contributed by atoms with E-state index in [0.29, 0.717) is 6.54 Å². The third-order valence-corrected chi connectivity index (χ3v) is 6.85. The minimum atomic E-state index is -0.948. The number of hydrogen-bond acceptors (Lipinski definition) is 5. The van der Waals surface area contributed by atoms with Gasteiger partial charge in [-0.1, -0.05) is 18.2 Å². The fraction of sp³-hybridized carbons (Fsp3) is 0.500. The molecule has 10 heteroatoms. The number of aromatic amines is 1. The highest BCUT2D eigenvalue weighted by atomic mass is 16.2. The topological polar surface area (TPSA) is 141 Å². The summed E-state index contributed by atoms with van der Waals surface area (Å²) in [5.74, 6) is -1.45. The molecule has 0 saturated carbocycles. The second kappa shape index (κ2) is 10.3. The maximum Gasteiger partial charge on any atom is 0.245 e. The lowest BCUT2D eigenvalue weighted by Gasteiger charge is -2.41. The van der Waals surface area contributed by atoms with E-state index in [4.69, 9.17) is 5.73 Å². The van der Waals surface area contributed by atoms with Gasteiger partial charge in [0.05, 0.1) is 6.54 Å². The molecule has 2 aliphatic rings. The summed E-state index contributed by atoms with van der Waals surface area (Å²) in [5, 5.41) is 6.94. The van der Waals surface area contributed by atoms with E-state index in [9.17, 15) is 19.2 Å². The number of hydrogen-bond donors (Lipinski definition) is 4. The lowest BCUT2D eigenvalue weighted by molar-refractivity contribution is -0.149. The second-order valence-electron chi connectivity index (χ2n) is 9.06. The van der Waals surface area contributed by atoms with Crippen molar-refractivity contribution < 1.29 is 19.2 Å². The first-order valence-corrected chi connectivity index (χ1v) is 11.8. The molecule has 1 aromatic heterocycles. The highest BCUT2D eigenvalue weighted by Gasteiger charge is 2.38. The molecule has 0 bridgehead atoms. The molecule has 2 fully saturated rings. The Morgan fingerprint density at radius 2 is 1.88 bits per heavy atom. The Kier molecular flexibility index (Phi) is 7.16. The number of H-pyrrole nitrogens is 1. The number of fused-ring (bicyclic) bond motifs is 1. The minimum absolute atomic E-state index is 0.0211. The number of piperazine rings is 1. The summed E-state index contributed by atoms with van der Waals surface area (Å²) in [6.45, 7) is 3.76. The van der Waals surface area contributed by atoms with Crippen molar-refractivity contribution in [3.8, 4) is 0 Å². The van der Waals surface area contributed by atoms with Crippen LogP contribution in [0.25, 0.3) is 10.9 Å². The highest BCUT2D eigenvalue weighted by molar-refractivity contribution is 5.93. The Morgan fingerprint density at radius 3 is 2.59 bits per heavy atom. The third kappa shape index (κ3) is 5.06. The summed E-state index contributed by atoms with van der Waals surface area (Å²) in [7, 11) is 0. The maximum absolute atomic E-state index is 13.3. The fourth-order valence-electron chi connectivity index (χ4n) is 4.92. The molecule has 2 saturated heterocycles. The van der Waals surface area contributed by atoms with Crippen LogP contribution in [0, 0.1) is 5.92 Å². The van der Waals surface area contributed by atoms with Crippen LogP contribution in [0.2, 0.25) is 0 Å². The van der Waals surface area contributed by atoms with E-state index in [1.54, 1.807) is 11.1 Å². The smallest absolute Gasteiger partial charge is 0.245 e.